The highest BCUT2D eigenvalue weighted by Gasteiger charge is 2.21. The normalized spacial score (nSPS) is 13.4. The first-order chi connectivity index (χ1) is 10.0. The van der Waals surface area contributed by atoms with Crippen molar-refractivity contribution in [2.75, 3.05) is 20.6 Å². The Bertz CT molecular complexity index is 616. The molecule has 1 aromatic carbocycles. The second kappa shape index (κ2) is 6.60. The van der Waals surface area contributed by atoms with Crippen LogP contribution < -0.4 is 11.6 Å². The maximum atomic E-state index is 6.06. The summed E-state index contributed by atoms with van der Waals surface area (Å²) >= 11 is 0. The van der Waals surface area contributed by atoms with Gasteiger partial charge in [-0.05, 0) is 44.6 Å². The molecule has 4 N–H and O–H groups in total. The van der Waals surface area contributed by atoms with Gasteiger partial charge in [0.25, 0.3) is 0 Å². The molecule has 0 fully saturated rings. The van der Waals surface area contributed by atoms with Gasteiger partial charge in [0.2, 0.25) is 0 Å². The van der Waals surface area contributed by atoms with Crippen LogP contribution in [0, 0.1) is 0 Å². The average Bonchev–Trinajstić information content (AvgIpc) is 2.77. The number of hydrazine groups is 1. The van der Waals surface area contributed by atoms with E-state index < -0.39 is 0 Å². The van der Waals surface area contributed by atoms with Gasteiger partial charge in [-0.2, -0.15) is 5.10 Å². The van der Waals surface area contributed by atoms with Crippen molar-refractivity contribution in [1.29, 1.82) is 0 Å². The largest absolute Gasteiger partial charge is 0.388 e. The molecule has 6 heteroatoms. The number of aryl methyl sites for hydroxylation is 1. The molecule has 6 nitrogen and oxygen atoms in total. The summed E-state index contributed by atoms with van der Waals surface area (Å²) in [5.41, 5.74) is 7.70. The van der Waals surface area contributed by atoms with Crippen LogP contribution >= 0.6 is 0 Å². The number of nitrogens with two attached hydrogens (primary N) is 2. The van der Waals surface area contributed by atoms with E-state index in [1.807, 2.05) is 26.2 Å². The first kappa shape index (κ1) is 15.3. The summed E-state index contributed by atoms with van der Waals surface area (Å²) in [5, 5.41) is 6.67. The Balaban J connectivity index is 2.39. The summed E-state index contributed by atoms with van der Waals surface area (Å²) < 4.78 is 2.17. The highest BCUT2D eigenvalue weighted by molar-refractivity contribution is 5.81. The van der Waals surface area contributed by atoms with Gasteiger partial charge in [-0.3, -0.25) is 0 Å². The third kappa shape index (κ3) is 3.34. The fourth-order valence-corrected chi connectivity index (χ4v) is 2.58. The predicted molar refractivity (Wildman–Crippen MR) is 87.5 cm³/mol. The molecule has 2 aromatic rings. The van der Waals surface area contributed by atoms with E-state index in [9.17, 15) is 0 Å². The summed E-state index contributed by atoms with van der Waals surface area (Å²) in [4.78, 5) is 2.13. The van der Waals surface area contributed by atoms with Crippen molar-refractivity contribution < 1.29 is 0 Å². The smallest absolute Gasteiger partial charge is 0.107 e. The summed E-state index contributed by atoms with van der Waals surface area (Å²) in [5.74, 6) is 6.06. The Morgan fingerprint density at radius 1 is 1.33 bits per heavy atom. The topological polar surface area (TPSA) is 75.8 Å². The predicted octanol–water partition coefficient (Wildman–Crippen LogP) is 1.25. The lowest BCUT2D eigenvalue weighted by Crippen LogP contribution is -2.34. The molecular weight excluding hydrogens is 264 g/mol. The number of rotatable bonds is 6. The van der Waals surface area contributed by atoms with Gasteiger partial charge in [-0.25, -0.2) is 11.0 Å². The van der Waals surface area contributed by atoms with Gasteiger partial charge in [0, 0.05) is 18.3 Å². The van der Waals surface area contributed by atoms with Crippen molar-refractivity contribution in [3.05, 3.63) is 36.0 Å². The summed E-state index contributed by atoms with van der Waals surface area (Å²) in [6.45, 7) is 0.917. The number of para-hydroxylation sites is 1. The molecule has 1 heterocycles. The van der Waals surface area contributed by atoms with Crippen LogP contribution in [0.4, 0.5) is 0 Å². The molecule has 0 spiro atoms. The van der Waals surface area contributed by atoms with E-state index in [-0.39, 0.29) is 6.04 Å². The number of hydrazone groups is 1. The van der Waals surface area contributed by atoms with E-state index in [0.717, 1.165) is 18.7 Å². The molecular formula is C15H24N6. The molecule has 2 rings (SSSR count). The van der Waals surface area contributed by atoms with Crippen LogP contribution in [0.25, 0.3) is 10.9 Å². The Morgan fingerprint density at radius 3 is 2.67 bits per heavy atom. The van der Waals surface area contributed by atoms with E-state index in [0.29, 0.717) is 0 Å². The van der Waals surface area contributed by atoms with E-state index in [1.54, 1.807) is 0 Å². The maximum Gasteiger partial charge on any atom is 0.107 e. The van der Waals surface area contributed by atoms with Crippen molar-refractivity contribution in [2.45, 2.75) is 12.5 Å². The van der Waals surface area contributed by atoms with Crippen LogP contribution in [0.2, 0.25) is 0 Å². The second-order valence-corrected chi connectivity index (χ2v) is 5.44. The van der Waals surface area contributed by atoms with Crippen molar-refractivity contribution in [3.63, 3.8) is 0 Å². The minimum atomic E-state index is -0.0235. The van der Waals surface area contributed by atoms with E-state index in [4.69, 9.17) is 11.6 Å². The number of benzene rings is 1. The summed E-state index contributed by atoms with van der Waals surface area (Å²) in [6.07, 6.45) is 2.09. The molecule has 1 unspecified atom stereocenters. The van der Waals surface area contributed by atoms with Gasteiger partial charge in [-0.1, -0.05) is 18.2 Å². The Kier molecular flexibility index (Phi) is 4.82. The lowest BCUT2D eigenvalue weighted by Gasteiger charge is -2.26. The zero-order chi connectivity index (χ0) is 15.4. The van der Waals surface area contributed by atoms with Crippen molar-refractivity contribution in [3.8, 4) is 0 Å². The minimum absolute atomic E-state index is 0.0235. The van der Waals surface area contributed by atoms with Gasteiger partial charge >= 0.3 is 0 Å². The summed E-state index contributed by atoms with van der Waals surface area (Å²) in [6, 6.07) is 10.4. The lowest BCUT2D eigenvalue weighted by atomic mass is 10.1. The maximum absolute atomic E-state index is 6.06. The minimum Gasteiger partial charge on any atom is -0.388 e. The number of hydrogen-bond donors (Lipinski definition) is 2. The quantitative estimate of drug-likeness (QED) is 0.363. The van der Waals surface area contributed by atoms with Crippen LogP contribution in [0.3, 0.4) is 0 Å². The van der Waals surface area contributed by atoms with Crippen LogP contribution in [-0.4, -0.2) is 41.6 Å². The van der Waals surface area contributed by atoms with E-state index >= 15 is 0 Å². The Labute approximate surface area is 125 Å². The molecule has 21 heavy (non-hydrogen) atoms. The number of hydrogen-bond acceptors (Lipinski definition) is 4. The second-order valence-electron chi connectivity index (χ2n) is 5.44. The van der Waals surface area contributed by atoms with Crippen molar-refractivity contribution in [1.82, 2.24) is 14.6 Å². The monoisotopic (exact) mass is 288 g/mol. The molecule has 0 amide bonds. The van der Waals surface area contributed by atoms with Gasteiger partial charge in [0.15, 0.2) is 0 Å². The fraction of sp³-hybridized carbons (Fsp3) is 0.400. The fourth-order valence-electron chi connectivity index (χ4n) is 2.58. The lowest BCUT2D eigenvalue weighted by molar-refractivity contribution is 0.181. The van der Waals surface area contributed by atoms with Crippen LogP contribution in [-0.2, 0) is 7.05 Å². The highest BCUT2D eigenvalue weighted by atomic mass is 15.6. The van der Waals surface area contributed by atoms with Gasteiger partial charge < -0.3 is 15.2 Å². The zero-order valence-electron chi connectivity index (χ0n) is 12.9. The van der Waals surface area contributed by atoms with Crippen LogP contribution in [0.15, 0.2) is 35.4 Å². The van der Waals surface area contributed by atoms with Gasteiger partial charge in [0.1, 0.15) is 12.4 Å². The Morgan fingerprint density at radius 2 is 2.05 bits per heavy atom. The van der Waals surface area contributed by atoms with Crippen LogP contribution in [0.5, 0.6) is 0 Å². The third-order valence-corrected chi connectivity index (χ3v) is 3.70. The van der Waals surface area contributed by atoms with E-state index in [1.165, 1.54) is 22.4 Å². The number of fused-ring (bicyclic) bond motifs is 1. The third-order valence-electron chi connectivity index (χ3n) is 3.70. The van der Waals surface area contributed by atoms with Crippen LogP contribution in [0.1, 0.15) is 18.2 Å². The molecule has 114 valence electrons. The van der Waals surface area contributed by atoms with Gasteiger partial charge in [0.05, 0.1) is 0 Å². The molecule has 0 saturated heterocycles. The zero-order valence-corrected chi connectivity index (χ0v) is 12.9. The molecule has 0 bridgehead atoms. The number of aromatic nitrogens is 1. The molecule has 0 saturated carbocycles. The summed E-state index contributed by atoms with van der Waals surface area (Å²) in [7, 11) is 6.15. The Hall–Kier alpha value is -2.05. The molecule has 0 aliphatic heterocycles. The van der Waals surface area contributed by atoms with Crippen molar-refractivity contribution >= 4 is 17.2 Å². The first-order valence-electron chi connectivity index (χ1n) is 7.01. The number of nitrogens with zero attached hydrogens (tertiary/aromatic N) is 4. The molecule has 1 atom stereocenters. The molecule has 1 aromatic heterocycles. The highest BCUT2D eigenvalue weighted by Crippen LogP contribution is 2.28. The molecule has 0 radical (unpaired) electrons. The molecule has 0 aliphatic carbocycles. The average molecular weight is 288 g/mol. The first-order valence-corrected chi connectivity index (χ1v) is 7.01. The van der Waals surface area contributed by atoms with Gasteiger partial charge in [-0.15, -0.1) is 0 Å². The SMILES string of the molecule is CN(C)CCC(c1cc2ccccc2n1C)N(N)/N=C\N. The standard InChI is InChI=1S/C15H24N6/c1-19(2)9-8-14(21(17)18-11-16)15-10-12-6-4-5-7-13(12)20(15)3/h4-7,10-11,14H,8-9,17H2,1-3H3,(H2,16,18). The van der Waals surface area contributed by atoms with E-state index in [2.05, 4.69) is 39.8 Å². The molecule has 0 aliphatic rings. The van der Waals surface area contributed by atoms with Crippen molar-refractivity contribution in [2.24, 2.45) is 23.7 Å².